The van der Waals surface area contributed by atoms with Gasteiger partial charge in [0.15, 0.2) is 0 Å². The van der Waals surface area contributed by atoms with Crippen LogP contribution in [0.1, 0.15) is 32.6 Å². The maximum atomic E-state index is 12.8. The van der Waals surface area contributed by atoms with Crippen LogP contribution in [0.5, 0.6) is 0 Å². The Balaban J connectivity index is 1.61. The Hall–Kier alpha value is -1.14. The van der Waals surface area contributed by atoms with E-state index < -0.39 is 0 Å². The van der Waals surface area contributed by atoms with Crippen molar-refractivity contribution in [2.45, 2.75) is 44.7 Å². The summed E-state index contributed by atoms with van der Waals surface area (Å²) in [5.74, 6) is 0.328. The van der Waals surface area contributed by atoms with Gasteiger partial charge in [-0.15, -0.1) is 0 Å². The summed E-state index contributed by atoms with van der Waals surface area (Å²) in [4.78, 5) is 31.3. The Kier molecular flexibility index (Phi) is 4.68. The fourth-order valence-electron chi connectivity index (χ4n) is 4.13. The topological polar surface area (TPSA) is 64.1 Å². The van der Waals surface area contributed by atoms with Gasteiger partial charge in [-0.3, -0.25) is 9.59 Å². The van der Waals surface area contributed by atoms with Crippen LogP contribution in [0.2, 0.25) is 0 Å². The molecule has 3 fully saturated rings. The average Bonchev–Trinajstić information content (AvgIpc) is 3.00. The molecule has 3 rings (SSSR count). The SMILES string of the molecule is C[C@@H]1C(=O)N2CCC[C@@H]2CN1C(=O)C1CCN(CCO)CC1. The van der Waals surface area contributed by atoms with E-state index in [-0.39, 0.29) is 36.4 Å². The van der Waals surface area contributed by atoms with Gasteiger partial charge in [0, 0.05) is 31.6 Å². The number of aliphatic hydroxyl groups is 1. The zero-order chi connectivity index (χ0) is 15.7. The number of carbonyl (C=O) groups excluding carboxylic acids is 2. The number of piperidine rings is 1. The van der Waals surface area contributed by atoms with Gasteiger partial charge < -0.3 is 19.8 Å². The highest BCUT2D eigenvalue weighted by Crippen LogP contribution is 2.28. The second-order valence-corrected chi connectivity index (χ2v) is 6.83. The van der Waals surface area contributed by atoms with Gasteiger partial charge in [-0.2, -0.15) is 0 Å². The monoisotopic (exact) mass is 309 g/mol. The molecule has 0 bridgehead atoms. The van der Waals surface area contributed by atoms with Gasteiger partial charge in [0.25, 0.3) is 0 Å². The molecule has 1 N–H and O–H groups in total. The molecule has 0 aromatic carbocycles. The number of piperazine rings is 1. The highest BCUT2D eigenvalue weighted by Gasteiger charge is 2.43. The number of fused-ring (bicyclic) bond motifs is 1. The molecule has 22 heavy (non-hydrogen) atoms. The minimum absolute atomic E-state index is 0.0399. The third-order valence-electron chi connectivity index (χ3n) is 5.53. The second-order valence-electron chi connectivity index (χ2n) is 6.83. The lowest BCUT2D eigenvalue weighted by atomic mass is 9.93. The molecule has 6 heteroatoms. The van der Waals surface area contributed by atoms with E-state index in [1.165, 1.54) is 0 Å². The molecule has 2 atom stereocenters. The van der Waals surface area contributed by atoms with Crippen LogP contribution in [-0.4, -0.2) is 83.0 Å². The van der Waals surface area contributed by atoms with Crippen molar-refractivity contribution in [3.63, 3.8) is 0 Å². The molecule has 0 aromatic rings. The zero-order valence-corrected chi connectivity index (χ0v) is 13.4. The van der Waals surface area contributed by atoms with Crippen LogP contribution in [0.25, 0.3) is 0 Å². The summed E-state index contributed by atoms with van der Waals surface area (Å²) in [6, 6.07) is -0.0700. The number of nitrogens with zero attached hydrogens (tertiary/aromatic N) is 3. The van der Waals surface area contributed by atoms with Crippen molar-refractivity contribution >= 4 is 11.8 Å². The summed E-state index contributed by atoms with van der Waals surface area (Å²) in [6.45, 7) is 6.03. The molecule has 3 heterocycles. The smallest absolute Gasteiger partial charge is 0.245 e. The van der Waals surface area contributed by atoms with E-state index in [4.69, 9.17) is 5.11 Å². The van der Waals surface area contributed by atoms with Gasteiger partial charge in [0.2, 0.25) is 11.8 Å². The number of hydrogen-bond donors (Lipinski definition) is 1. The molecule has 0 unspecified atom stereocenters. The molecule has 2 amide bonds. The predicted molar refractivity (Wildman–Crippen MR) is 82.2 cm³/mol. The van der Waals surface area contributed by atoms with Crippen LogP contribution in [0, 0.1) is 5.92 Å². The third kappa shape index (κ3) is 2.86. The summed E-state index contributed by atoms with van der Waals surface area (Å²) < 4.78 is 0. The molecule has 0 spiro atoms. The van der Waals surface area contributed by atoms with E-state index >= 15 is 0 Å². The number of hydrogen-bond acceptors (Lipinski definition) is 4. The molecule has 0 aliphatic carbocycles. The highest BCUT2D eigenvalue weighted by atomic mass is 16.3. The number of amides is 2. The second kappa shape index (κ2) is 6.54. The first kappa shape index (κ1) is 15.7. The van der Waals surface area contributed by atoms with Gasteiger partial charge in [-0.05, 0) is 45.7 Å². The van der Waals surface area contributed by atoms with Crippen LogP contribution in [-0.2, 0) is 9.59 Å². The summed E-state index contributed by atoms with van der Waals surface area (Å²) >= 11 is 0. The van der Waals surface area contributed by atoms with Crippen LogP contribution < -0.4 is 0 Å². The van der Waals surface area contributed by atoms with Crippen molar-refractivity contribution in [1.29, 1.82) is 0 Å². The van der Waals surface area contributed by atoms with E-state index in [0.717, 1.165) is 45.3 Å². The third-order valence-corrected chi connectivity index (χ3v) is 5.53. The van der Waals surface area contributed by atoms with Gasteiger partial charge in [0.05, 0.1) is 6.61 Å². The largest absolute Gasteiger partial charge is 0.395 e. The molecule has 6 nitrogen and oxygen atoms in total. The number of carbonyl (C=O) groups is 2. The first-order valence-corrected chi connectivity index (χ1v) is 8.56. The van der Waals surface area contributed by atoms with E-state index in [1.54, 1.807) is 0 Å². The maximum Gasteiger partial charge on any atom is 0.245 e. The molecule has 0 radical (unpaired) electrons. The number of aliphatic hydroxyl groups excluding tert-OH is 1. The Morgan fingerprint density at radius 3 is 2.64 bits per heavy atom. The van der Waals surface area contributed by atoms with Gasteiger partial charge >= 0.3 is 0 Å². The molecular formula is C16H27N3O3. The van der Waals surface area contributed by atoms with Crippen molar-refractivity contribution in [2.75, 3.05) is 39.3 Å². The van der Waals surface area contributed by atoms with Gasteiger partial charge in [-0.1, -0.05) is 0 Å². The normalized spacial score (nSPS) is 30.7. The number of rotatable bonds is 3. The zero-order valence-electron chi connectivity index (χ0n) is 13.4. The van der Waals surface area contributed by atoms with Crippen molar-refractivity contribution in [1.82, 2.24) is 14.7 Å². The molecule has 3 saturated heterocycles. The minimum atomic E-state index is -0.308. The Labute approximate surface area is 132 Å². The molecule has 124 valence electrons. The van der Waals surface area contributed by atoms with Crippen LogP contribution in [0.15, 0.2) is 0 Å². The lowest BCUT2D eigenvalue weighted by Crippen LogP contribution is -2.61. The van der Waals surface area contributed by atoms with E-state index in [0.29, 0.717) is 13.1 Å². The standard InChI is InChI=1S/C16H27N3O3/c1-12-15(21)18-6-2-3-14(18)11-19(12)16(22)13-4-7-17(8-5-13)9-10-20/h12-14,20H,2-11H2,1H3/t12-,14-/m1/s1. The summed E-state index contributed by atoms with van der Waals surface area (Å²) in [5, 5.41) is 8.99. The molecule has 0 saturated carbocycles. The summed E-state index contributed by atoms with van der Waals surface area (Å²) in [6.07, 6.45) is 3.76. The van der Waals surface area contributed by atoms with Gasteiger partial charge in [0.1, 0.15) is 6.04 Å². The summed E-state index contributed by atoms with van der Waals surface area (Å²) in [7, 11) is 0. The lowest BCUT2D eigenvalue weighted by molar-refractivity contribution is -0.155. The highest BCUT2D eigenvalue weighted by molar-refractivity contribution is 5.90. The minimum Gasteiger partial charge on any atom is -0.395 e. The fraction of sp³-hybridized carbons (Fsp3) is 0.875. The van der Waals surface area contributed by atoms with Crippen LogP contribution in [0.3, 0.4) is 0 Å². The number of β-amino-alcohol motifs (C(OH)–C–C–N with tert-alkyl or cyclic N) is 1. The first-order chi connectivity index (χ1) is 10.6. The van der Waals surface area contributed by atoms with Crippen molar-refractivity contribution in [3.05, 3.63) is 0 Å². The van der Waals surface area contributed by atoms with Gasteiger partial charge in [-0.25, -0.2) is 0 Å². The molecule has 3 aliphatic rings. The maximum absolute atomic E-state index is 12.8. The van der Waals surface area contributed by atoms with Crippen molar-refractivity contribution < 1.29 is 14.7 Å². The fourth-order valence-corrected chi connectivity index (χ4v) is 4.13. The Morgan fingerprint density at radius 1 is 1.23 bits per heavy atom. The number of likely N-dealkylation sites (tertiary alicyclic amines) is 1. The molecular weight excluding hydrogens is 282 g/mol. The van der Waals surface area contributed by atoms with Crippen molar-refractivity contribution in [2.24, 2.45) is 5.92 Å². The first-order valence-electron chi connectivity index (χ1n) is 8.56. The Bertz CT molecular complexity index is 434. The quantitative estimate of drug-likeness (QED) is 0.791. The summed E-state index contributed by atoms with van der Waals surface area (Å²) in [5.41, 5.74) is 0. The van der Waals surface area contributed by atoms with Crippen molar-refractivity contribution in [3.8, 4) is 0 Å². The Morgan fingerprint density at radius 2 is 1.95 bits per heavy atom. The predicted octanol–water partition coefficient (Wildman–Crippen LogP) is -0.0876. The van der Waals surface area contributed by atoms with Crippen LogP contribution >= 0.6 is 0 Å². The van der Waals surface area contributed by atoms with E-state index in [9.17, 15) is 9.59 Å². The lowest BCUT2D eigenvalue weighted by Gasteiger charge is -2.43. The molecule has 3 aliphatic heterocycles. The van der Waals surface area contributed by atoms with E-state index in [1.807, 2.05) is 16.7 Å². The average molecular weight is 309 g/mol. The van der Waals surface area contributed by atoms with Crippen LogP contribution in [0.4, 0.5) is 0 Å². The van der Waals surface area contributed by atoms with E-state index in [2.05, 4.69) is 4.90 Å². The molecule has 0 aromatic heterocycles.